The van der Waals surface area contributed by atoms with Gasteiger partial charge in [0.1, 0.15) is 18.0 Å². The highest BCUT2D eigenvalue weighted by Crippen LogP contribution is 2.19. The first-order valence-corrected chi connectivity index (χ1v) is 10.6. The van der Waals surface area contributed by atoms with Crippen LogP contribution >= 0.6 is 0 Å². The lowest BCUT2D eigenvalue weighted by atomic mass is 10.1. The number of carbonyl (C=O) groups is 3. The molecule has 34 heavy (non-hydrogen) atoms. The van der Waals surface area contributed by atoms with E-state index in [0.717, 1.165) is 11.3 Å². The summed E-state index contributed by atoms with van der Waals surface area (Å²) in [6.07, 6.45) is 3.83. The summed E-state index contributed by atoms with van der Waals surface area (Å²) in [5.41, 5.74) is 7.68. The average Bonchev–Trinajstić information content (AvgIpc) is 3.26. The maximum atomic E-state index is 12.9. The van der Waals surface area contributed by atoms with Gasteiger partial charge in [0.05, 0.1) is 16.9 Å². The minimum Gasteiger partial charge on any atom is -0.487 e. The van der Waals surface area contributed by atoms with Crippen LogP contribution < -0.4 is 21.1 Å². The predicted octanol–water partition coefficient (Wildman–Crippen LogP) is 2.77. The third-order valence-corrected chi connectivity index (χ3v) is 4.97. The first-order valence-electron chi connectivity index (χ1n) is 10.6. The molecule has 0 saturated heterocycles. The van der Waals surface area contributed by atoms with Gasteiger partial charge in [0.2, 0.25) is 5.91 Å². The number of amides is 3. The Labute approximate surface area is 195 Å². The Morgan fingerprint density at radius 3 is 2.62 bits per heavy atom. The number of nitrogens with one attached hydrogen (secondary N) is 2. The second-order valence-corrected chi connectivity index (χ2v) is 7.49. The molecular formula is C25H23N5O4. The molecule has 0 spiro atoms. The molecule has 0 aliphatic rings. The second-order valence-electron chi connectivity index (χ2n) is 7.49. The molecule has 2 aromatic carbocycles. The number of nitrogens with two attached hydrogens (primary N) is 1. The maximum Gasteiger partial charge on any atom is 0.255 e. The lowest BCUT2D eigenvalue weighted by molar-refractivity contribution is -0.117. The first kappa shape index (κ1) is 22.5. The topological polar surface area (TPSA) is 128 Å². The number of anilines is 1. The van der Waals surface area contributed by atoms with E-state index in [1.165, 1.54) is 0 Å². The number of aromatic nitrogens is 2. The molecule has 0 saturated carbocycles. The highest BCUT2D eigenvalue weighted by Gasteiger charge is 2.15. The van der Waals surface area contributed by atoms with E-state index < -0.39 is 17.7 Å². The molecule has 4 aromatic rings. The zero-order chi connectivity index (χ0) is 23.9. The zero-order valence-electron chi connectivity index (χ0n) is 18.2. The number of benzene rings is 2. The Morgan fingerprint density at radius 2 is 1.79 bits per heavy atom. The molecule has 0 bridgehead atoms. The molecule has 0 aliphatic carbocycles. The molecule has 0 aliphatic heterocycles. The van der Waals surface area contributed by atoms with Crippen LogP contribution in [0.2, 0.25) is 0 Å². The minimum absolute atomic E-state index is 0.0298. The van der Waals surface area contributed by atoms with Crippen molar-refractivity contribution in [1.82, 2.24) is 14.7 Å². The number of carbonyl (C=O) groups excluding carboxylic acids is 3. The van der Waals surface area contributed by atoms with Gasteiger partial charge in [0, 0.05) is 30.9 Å². The van der Waals surface area contributed by atoms with E-state index in [2.05, 4.69) is 15.6 Å². The summed E-state index contributed by atoms with van der Waals surface area (Å²) in [6.45, 7) is 0.364. The molecule has 9 heteroatoms. The highest BCUT2D eigenvalue weighted by molar-refractivity contribution is 6.09. The van der Waals surface area contributed by atoms with Crippen molar-refractivity contribution in [2.45, 2.75) is 13.0 Å². The molecule has 2 heterocycles. The van der Waals surface area contributed by atoms with Crippen molar-refractivity contribution in [2.75, 3.05) is 11.9 Å². The van der Waals surface area contributed by atoms with E-state index in [4.69, 9.17) is 10.5 Å². The normalized spacial score (nSPS) is 10.6. The average molecular weight is 457 g/mol. The summed E-state index contributed by atoms with van der Waals surface area (Å²) in [5, 5.41) is 5.38. The van der Waals surface area contributed by atoms with Gasteiger partial charge in [-0.3, -0.25) is 14.4 Å². The van der Waals surface area contributed by atoms with E-state index in [9.17, 15) is 14.4 Å². The van der Waals surface area contributed by atoms with Gasteiger partial charge in [-0.2, -0.15) is 0 Å². The molecule has 0 fully saturated rings. The number of hydrogen-bond donors (Lipinski definition) is 3. The van der Waals surface area contributed by atoms with Crippen molar-refractivity contribution in [3.05, 3.63) is 95.9 Å². The zero-order valence-corrected chi connectivity index (χ0v) is 18.2. The first-order chi connectivity index (χ1) is 16.5. The van der Waals surface area contributed by atoms with Gasteiger partial charge in [0.15, 0.2) is 0 Å². The van der Waals surface area contributed by atoms with Gasteiger partial charge in [0.25, 0.3) is 11.8 Å². The number of imidazole rings is 1. The van der Waals surface area contributed by atoms with Gasteiger partial charge in [-0.15, -0.1) is 0 Å². The van der Waals surface area contributed by atoms with Crippen molar-refractivity contribution < 1.29 is 19.1 Å². The number of pyridine rings is 1. The van der Waals surface area contributed by atoms with E-state index in [0.29, 0.717) is 17.0 Å². The Balaban J connectivity index is 1.41. The summed E-state index contributed by atoms with van der Waals surface area (Å²) in [5.74, 6) is -0.801. The molecule has 3 amide bonds. The van der Waals surface area contributed by atoms with Crippen molar-refractivity contribution >= 4 is 29.1 Å². The van der Waals surface area contributed by atoms with E-state index in [1.54, 1.807) is 48.5 Å². The third-order valence-electron chi connectivity index (χ3n) is 4.97. The molecule has 9 nitrogen and oxygen atoms in total. The standard InChI is InChI=1S/C25H23N5O4/c26-22(31)11-12-27-25(33)20-8-1-2-9-21(20)29-24(32)17-6-5-7-19(14-17)34-16-18-15-30-13-4-3-10-23(30)28-18/h1-10,13-15H,11-12,16H2,(H2,26,31)(H,27,33)(H,29,32). The van der Waals surface area contributed by atoms with Crippen molar-refractivity contribution in [3.63, 3.8) is 0 Å². The predicted molar refractivity (Wildman–Crippen MR) is 127 cm³/mol. The van der Waals surface area contributed by atoms with Gasteiger partial charge in [-0.1, -0.05) is 24.3 Å². The summed E-state index contributed by atoms with van der Waals surface area (Å²) >= 11 is 0. The van der Waals surface area contributed by atoms with E-state index in [-0.39, 0.29) is 25.1 Å². The SMILES string of the molecule is NC(=O)CCNC(=O)c1ccccc1NC(=O)c1cccc(OCc2cn3ccccc3n2)c1. The van der Waals surface area contributed by atoms with Crippen molar-refractivity contribution in [3.8, 4) is 5.75 Å². The number of ether oxygens (including phenoxy) is 1. The lowest BCUT2D eigenvalue weighted by Gasteiger charge is -2.12. The third kappa shape index (κ3) is 5.57. The van der Waals surface area contributed by atoms with Crippen LogP contribution in [0.25, 0.3) is 5.65 Å². The lowest BCUT2D eigenvalue weighted by Crippen LogP contribution is -2.28. The Morgan fingerprint density at radius 1 is 0.971 bits per heavy atom. The quantitative estimate of drug-likeness (QED) is 0.356. The Kier molecular flexibility index (Phi) is 6.83. The molecular weight excluding hydrogens is 434 g/mol. The number of hydrogen-bond acceptors (Lipinski definition) is 5. The monoisotopic (exact) mass is 457 g/mol. The minimum atomic E-state index is -0.509. The van der Waals surface area contributed by atoms with Gasteiger partial charge in [-0.05, 0) is 42.5 Å². The molecule has 4 N–H and O–H groups in total. The number of para-hydroxylation sites is 1. The van der Waals surface area contributed by atoms with Crippen LogP contribution in [0.3, 0.4) is 0 Å². The Hall–Kier alpha value is -4.66. The molecule has 0 radical (unpaired) electrons. The number of primary amides is 1. The second kappa shape index (κ2) is 10.3. The highest BCUT2D eigenvalue weighted by atomic mass is 16.5. The van der Waals surface area contributed by atoms with Gasteiger partial charge >= 0.3 is 0 Å². The summed E-state index contributed by atoms with van der Waals surface area (Å²) in [6, 6.07) is 19.1. The van der Waals surface area contributed by atoms with Crippen LogP contribution in [0.1, 0.15) is 32.8 Å². The number of nitrogens with zero attached hydrogens (tertiary/aromatic N) is 2. The van der Waals surface area contributed by atoms with E-state index >= 15 is 0 Å². The van der Waals surface area contributed by atoms with Crippen LogP contribution in [0.5, 0.6) is 5.75 Å². The number of fused-ring (bicyclic) bond motifs is 1. The van der Waals surface area contributed by atoms with Crippen LogP contribution in [0.15, 0.2) is 79.1 Å². The summed E-state index contributed by atoms with van der Waals surface area (Å²) < 4.78 is 7.74. The molecule has 172 valence electrons. The number of rotatable bonds is 9. The molecule has 0 atom stereocenters. The molecule has 0 unspecified atom stereocenters. The van der Waals surface area contributed by atoms with Gasteiger partial charge in [-0.25, -0.2) is 4.98 Å². The van der Waals surface area contributed by atoms with E-state index in [1.807, 2.05) is 35.0 Å². The smallest absolute Gasteiger partial charge is 0.255 e. The molecule has 2 aromatic heterocycles. The summed E-state index contributed by atoms with van der Waals surface area (Å²) in [7, 11) is 0. The molecule has 4 rings (SSSR count). The van der Waals surface area contributed by atoms with Crippen LogP contribution in [0, 0.1) is 0 Å². The fraction of sp³-hybridized carbons (Fsp3) is 0.120. The van der Waals surface area contributed by atoms with Crippen molar-refractivity contribution in [1.29, 1.82) is 0 Å². The van der Waals surface area contributed by atoms with Gasteiger partial charge < -0.3 is 25.5 Å². The fourth-order valence-electron chi connectivity index (χ4n) is 3.32. The fourth-order valence-corrected chi connectivity index (χ4v) is 3.32. The van der Waals surface area contributed by atoms with Crippen molar-refractivity contribution in [2.24, 2.45) is 5.73 Å². The maximum absolute atomic E-state index is 12.9. The Bertz CT molecular complexity index is 1310. The van der Waals surface area contributed by atoms with Crippen LogP contribution in [-0.2, 0) is 11.4 Å². The van der Waals surface area contributed by atoms with Crippen LogP contribution in [0.4, 0.5) is 5.69 Å². The largest absolute Gasteiger partial charge is 0.487 e. The van der Waals surface area contributed by atoms with Crippen LogP contribution in [-0.4, -0.2) is 33.7 Å². The summed E-state index contributed by atoms with van der Waals surface area (Å²) in [4.78, 5) is 40.7.